The highest BCUT2D eigenvalue weighted by atomic mass is 79.9. The van der Waals surface area contributed by atoms with E-state index in [1.165, 1.54) is 4.90 Å². The smallest absolute Gasteiger partial charge is 0.417 e. The van der Waals surface area contributed by atoms with Gasteiger partial charge in [-0.1, -0.05) is 46.3 Å². The Morgan fingerprint density at radius 2 is 1.69 bits per heavy atom. The van der Waals surface area contributed by atoms with Crippen LogP contribution in [0.15, 0.2) is 35.3 Å². The molecule has 0 aliphatic carbocycles. The van der Waals surface area contributed by atoms with Gasteiger partial charge in [-0.3, -0.25) is 5.32 Å². The predicted octanol–water partition coefficient (Wildman–Crippen LogP) is 5.01. The number of halogens is 1. The summed E-state index contributed by atoms with van der Waals surface area (Å²) < 4.78 is 10.9. The molecule has 0 radical (unpaired) electrons. The van der Waals surface area contributed by atoms with Crippen LogP contribution in [-0.4, -0.2) is 45.6 Å². The maximum atomic E-state index is 12.9. The molecule has 2 amide bonds. The Kier molecular flexibility index (Phi) is 7.32. The summed E-state index contributed by atoms with van der Waals surface area (Å²) in [4.78, 5) is 31.4. The fourth-order valence-electron chi connectivity index (χ4n) is 2.85. The van der Waals surface area contributed by atoms with Crippen molar-refractivity contribution in [3.05, 3.63) is 35.9 Å². The van der Waals surface area contributed by atoms with Gasteiger partial charge in [-0.15, -0.1) is 0 Å². The van der Waals surface area contributed by atoms with Crippen LogP contribution in [0.4, 0.5) is 9.59 Å². The summed E-state index contributed by atoms with van der Waals surface area (Å²) in [5, 5.41) is 3.15. The van der Waals surface area contributed by atoms with E-state index < -0.39 is 23.4 Å². The van der Waals surface area contributed by atoms with Crippen LogP contribution >= 0.6 is 15.9 Å². The van der Waals surface area contributed by atoms with Gasteiger partial charge in [0, 0.05) is 5.33 Å². The molecule has 0 aromatic heterocycles. The molecular formula is C21H30BrN3O4. The lowest BCUT2D eigenvalue weighted by atomic mass is 9.98. The van der Waals surface area contributed by atoms with Crippen LogP contribution in [0.2, 0.25) is 0 Å². The molecule has 2 atom stereocenters. The maximum absolute atomic E-state index is 12.9. The molecule has 7 nitrogen and oxygen atoms in total. The van der Waals surface area contributed by atoms with Crippen LogP contribution in [-0.2, 0) is 9.47 Å². The molecule has 1 aromatic rings. The lowest BCUT2D eigenvalue weighted by Crippen LogP contribution is -2.56. The van der Waals surface area contributed by atoms with Gasteiger partial charge in [0.15, 0.2) is 0 Å². The van der Waals surface area contributed by atoms with Crippen LogP contribution in [0.25, 0.3) is 0 Å². The fourth-order valence-corrected chi connectivity index (χ4v) is 3.40. The van der Waals surface area contributed by atoms with Crippen molar-refractivity contribution in [2.45, 2.75) is 71.2 Å². The maximum Gasteiger partial charge on any atom is 0.417 e. The third-order valence-electron chi connectivity index (χ3n) is 3.93. The number of carbonyl (C=O) groups excluding carboxylic acids is 2. The normalized spacial score (nSPS) is 20.0. The summed E-state index contributed by atoms with van der Waals surface area (Å²) >= 11 is 3.49. The molecule has 0 saturated heterocycles. The average Bonchev–Trinajstić information content (AvgIpc) is 2.58. The zero-order valence-corrected chi connectivity index (χ0v) is 19.4. The standard InChI is InChI=1S/C21H30BrN3O4/c1-20(2,3)28-18(26)24-17-23-16(14-10-8-7-9-11-14)12-15(13-22)25(17)19(27)29-21(4,5)6/h7-11,15-16H,12-13H2,1-6H3,(H,23,24,26)/t15-,16+/m0/s1. The van der Waals surface area contributed by atoms with Gasteiger partial charge in [0.1, 0.15) is 11.2 Å². The van der Waals surface area contributed by atoms with E-state index in [1.807, 2.05) is 30.3 Å². The van der Waals surface area contributed by atoms with Crippen LogP contribution in [0.1, 0.15) is 59.6 Å². The van der Waals surface area contributed by atoms with Gasteiger partial charge in [-0.25, -0.2) is 19.5 Å². The van der Waals surface area contributed by atoms with Gasteiger partial charge < -0.3 is 9.47 Å². The summed E-state index contributed by atoms with van der Waals surface area (Å²) in [5.41, 5.74) is -0.351. The lowest BCUT2D eigenvalue weighted by Gasteiger charge is -2.38. The Morgan fingerprint density at radius 1 is 1.10 bits per heavy atom. The number of guanidine groups is 1. The molecule has 0 fully saturated rings. The zero-order chi connectivity index (χ0) is 21.8. The van der Waals surface area contributed by atoms with Gasteiger partial charge in [0.2, 0.25) is 5.96 Å². The summed E-state index contributed by atoms with van der Waals surface area (Å²) in [6, 6.07) is 9.32. The second-order valence-corrected chi connectivity index (χ2v) is 9.55. The van der Waals surface area contributed by atoms with Crippen molar-refractivity contribution in [1.82, 2.24) is 10.2 Å². The average molecular weight is 468 g/mol. The van der Waals surface area contributed by atoms with Crippen molar-refractivity contribution in [2.24, 2.45) is 4.99 Å². The third kappa shape index (κ3) is 7.03. The first-order valence-corrected chi connectivity index (χ1v) is 10.7. The van der Waals surface area contributed by atoms with Gasteiger partial charge in [0.05, 0.1) is 12.1 Å². The number of alkyl halides is 1. The Balaban J connectivity index is 2.39. The van der Waals surface area contributed by atoms with Crippen LogP contribution in [0.3, 0.4) is 0 Å². The Morgan fingerprint density at radius 3 is 2.21 bits per heavy atom. The number of alkyl carbamates (subject to hydrolysis) is 1. The van der Waals surface area contributed by atoms with Crippen LogP contribution in [0.5, 0.6) is 0 Å². The molecule has 0 spiro atoms. The van der Waals surface area contributed by atoms with Crippen LogP contribution < -0.4 is 5.32 Å². The number of ether oxygens (including phenoxy) is 2. The van der Waals surface area contributed by atoms with Gasteiger partial charge in [0.25, 0.3) is 0 Å². The highest BCUT2D eigenvalue weighted by molar-refractivity contribution is 9.09. The van der Waals surface area contributed by atoms with Crippen molar-refractivity contribution < 1.29 is 19.1 Å². The number of nitrogens with one attached hydrogen (secondary N) is 1. The van der Waals surface area contributed by atoms with Crippen LogP contribution in [0, 0.1) is 0 Å². The monoisotopic (exact) mass is 467 g/mol. The number of amides is 2. The highest BCUT2D eigenvalue weighted by Gasteiger charge is 2.38. The quantitative estimate of drug-likeness (QED) is 0.619. The summed E-state index contributed by atoms with van der Waals surface area (Å²) in [6.45, 7) is 10.7. The highest BCUT2D eigenvalue weighted by Crippen LogP contribution is 2.31. The van der Waals surface area contributed by atoms with Gasteiger partial charge in [-0.2, -0.15) is 0 Å². The largest absolute Gasteiger partial charge is 0.444 e. The van der Waals surface area contributed by atoms with Crippen molar-refractivity contribution in [2.75, 3.05) is 5.33 Å². The predicted molar refractivity (Wildman–Crippen MR) is 116 cm³/mol. The molecule has 1 aliphatic heterocycles. The van der Waals surface area contributed by atoms with E-state index in [4.69, 9.17) is 9.47 Å². The summed E-state index contributed by atoms with van der Waals surface area (Å²) in [5.74, 6) is 0.123. The third-order valence-corrected chi connectivity index (χ3v) is 4.68. The van der Waals surface area contributed by atoms with E-state index in [9.17, 15) is 9.59 Å². The number of aliphatic imine (C=N–C) groups is 1. The molecule has 2 rings (SSSR count). The van der Waals surface area contributed by atoms with Gasteiger partial charge >= 0.3 is 12.2 Å². The molecule has 160 valence electrons. The van der Waals surface area contributed by atoms with Crippen molar-refractivity contribution >= 4 is 34.1 Å². The first kappa shape index (κ1) is 23.2. The molecule has 1 heterocycles. The first-order chi connectivity index (χ1) is 13.4. The molecule has 1 N–H and O–H groups in total. The summed E-state index contributed by atoms with van der Waals surface area (Å²) in [6.07, 6.45) is -0.649. The topological polar surface area (TPSA) is 80.2 Å². The van der Waals surface area contributed by atoms with E-state index in [1.54, 1.807) is 41.5 Å². The SMILES string of the molecule is CC(C)(C)OC(=O)NC1=N[C@@H](c2ccccc2)C[C@@H](CBr)N1C(=O)OC(C)(C)C. The fraction of sp³-hybridized carbons (Fsp3) is 0.571. The number of benzene rings is 1. The molecule has 0 saturated carbocycles. The number of rotatable bonds is 2. The Bertz CT molecular complexity index is 753. The Hall–Kier alpha value is -2.09. The minimum atomic E-state index is -0.679. The van der Waals surface area contributed by atoms with E-state index in [2.05, 4.69) is 26.2 Å². The minimum Gasteiger partial charge on any atom is -0.444 e. The number of carbonyl (C=O) groups is 2. The number of hydrogen-bond donors (Lipinski definition) is 1. The lowest BCUT2D eigenvalue weighted by molar-refractivity contribution is 0.0290. The van der Waals surface area contributed by atoms with E-state index >= 15 is 0 Å². The number of hydrogen-bond acceptors (Lipinski definition) is 5. The van der Waals surface area contributed by atoms with E-state index in [-0.39, 0.29) is 18.0 Å². The van der Waals surface area contributed by atoms with Crippen molar-refractivity contribution in [3.63, 3.8) is 0 Å². The second kappa shape index (κ2) is 9.15. The number of nitrogens with zero attached hydrogens (tertiary/aromatic N) is 2. The minimum absolute atomic E-state index is 0.123. The molecular weight excluding hydrogens is 438 g/mol. The van der Waals surface area contributed by atoms with Crippen molar-refractivity contribution in [1.29, 1.82) is 0 Å². The zero-order valence-electron chi connectivity index (χ0n) is 17.9. The molecule has 0 unspecified atom stereocenters. The first-order valence-electron chi connectivity index (χ1n) is 9.60. The van der Waals surface area contributed by atoms with E-state index in [0.29, 0.717) is 11.8 Å². The molecule has 1 aliphatic rings. The second-order valence-electron chi connectivity index (χ2n) is 8.90. The Labute approximate surface area is 181 Å². The molecule has 29 heavy (non-hydrogen) atoms. The molecule has 8 heteroatoms. The molecule has 0 bridgehead atoms. The summed E-state index contributed by atoms with van der Waals surface area (Å²) in [7, 11) is 0. The van der Waals surface area contributed by atoms with Gasteiger partial charge in [-0.05, 0) is 53.5 Å². The molecule has 1 aromatic carbocycles. The van der Waals surface area contributed by atoms with Crippen molar-refractivity contribution in [3.8, 4) is 0 Å². The van der Waals surface area contributed by atoms with E-state index in [0.717, 1.165) is 5.56 Å².